The van der Waals surface area contributed by atoms with Crippen molar-refractivity contribution < 1.29 is 14.3 Å². The molecule has 0 unspecified atom stereocenters. The number of amides is 1. The minimum absolute atomic E-state index is 0.00139. The Labute approximate surface area is 111 Å². The number of rotatable bonds is 3. The van der Waals surface area contributed by atoms with Crippen LogP contribution in [0.25, 0.3) is 0 Å². The van der Waals surface area contributed by atoms with Crippen LogP contribution in [0.4, 0.5) is 10.2 Å². The van der Waals surface area contributed by atoms with Crippen molar-refractivity contribution in [1.82, 2.24) is 10.3 Å². The Morgan fingerprint density at radius 3 is 2.74 bits per heavy atom. The van der Waals surface area contributed by atoms with Crippen molar-refractivity contribution in [2.75, 3.05) is 12.4 Å². The number of aromatic nitrogens is 1. The highest BCUT2D eigenvalue weighted by Crippen LogP contribution is 2.20. The first-order valence-corrected chi connectivity index (χ1v) is 6.43. The van der Waals surface area contributed by atoms with Gasteiger partial charge >= 0.3 is 0 Å². The number of carbonyl (C=O) groups excluding carboxylic acids is 1. The topological polar surface area (TPSA) is 74.2 Å². The quantitative estimate of drug-likeness (QED) is 0.771. The van der Waals surface area contributed by atoms with Crippen LogP contribution in [0.1, 0.15) is 36.0 Å². The zero-order chi connectivity index (χ0) is 13.8. The van der Waals surface area contributed by atoms with Gasteiger partial charge in [0, 0.05) is 19.3 Å². The van der Waals surface area contributed by atoms with Gasteiger partial charge in [-0.25, -0.2) is 9.37 Å². The van der Waals surface area contributed by atoms with Crippen LogP contribution >= 0.6 is 0 Å². The molecule has 3 N–H and O–H groups in total. The lowest BCUT2D eigenvalue weighted by molar-refractivity contribution is 0.0864. The first kappa shape index (κ1) is 13.7. The van der Waals surface area contributed by atoms with Gasteiger partial charge in [0.2, 0.25) is 0 Å². The highest BCUT2D eigenvalue weighted by molar-refractivity contribution is 5.95. The summed E-state index contributed by atoms with van der Waals surface area (Å²) >= 11 is 0. The number of anilines is 1. The lowest BCUT2D eigenvalue weighted by atomic mass is 9.93. The summed E-state index contributed by atoms with van der Waals surface area (Å²) in [6.07, 6.45) is 3.91. The number of aliphatic hydroxyl groups excluding tert-OH is 1. The van der Waals surface area contributed by atoms with Crippen molar-refractivity contribution in [3.8, 4) is 0 Å². The van der Waals surface area contributed by atoms with Gasteiger partial charge in [-0.05, 0) is 31.7 Å². The summed E-state index contributed by atoms with van der Waals surface area (Å²) in [6, 6.07) is 1.37. The van der Waals surface area contributed by atoms with Gasteiger partial charge in [0.25, 0.3) is 5.91 Å². The van der Waals surface area contributed by atoms with E-state index in [1.54, 1.807) is 7.05 Å². The summed E-state index contributed by atoms with van der Waals surface area (Å²) < 4.78 is 13.9. The first-order valence-electron chi connectivity index (χ1n) is 6.43. The van der Waals surface area contributed by atoms with Crippen molar-refractivity contribution in [2.24, 2.45) is 0 Å². The molecule has 1 aromatic rings. The normalized spacial score (nSPS) is 22.9. The third-order valence-electron chi connectivity index (χ3n) is 3.40. The summed E-state index contributed by atoms with van der Waals surface area (Å²) in [4.78, 5) is 15.8. The Bertz CT molecular complexity index is 459. The van der Waals surface area contributed by atoms with Crippen LogP contribution in [0.5, 0.6) is 0 Å². The molecule has 19 heavy (non-hydrogen) atoms. The molecule has 1 amide bonds. The molecule has 1 saturated carbocycles. The lowest BCUT2D eigenvalue weighted by Crippen LogP contribution is -2.39. The molecule has 1 aromatic heterocycles. The zero-order valence-corrected chi connectivity index (χ0v) is 10.8. The second-order valence-corrected chi connectivity index (χ2v) is 4.75. The maximum absolute atomic E-state index is 13.9. The van der Waals surface area contributed by atoms with Crippen LogP contribution in [0, 0.1) is 5.82 Å². The molecule has 104 valence electrons. The monoisotopic (exact) mass is 267 g/mol. The number of nitrogens with one attached hydrogen (secondary N) is 2. The van der Waals surface area contributed by atoms with E-state index in [0.717, 1.165) is 12.8 Å². The number of aliphatic hydroxyl groups is 1. The molecule has 1 heterocycles. The fraction of sp³-hybridized carbons (Fsp3) is 0.538. The van der Waals surface area contributed by atoms with Crippen molar-refractivity contribution in [2.45, 2.75) is 37.8 Å². The van der Waals surface area contributed by atoms with Crippen molar-refractivity contribution >= 4 is 11.7 Å². The molecule has 1 fully saturated rings. The molecule has 6 heteroatoms. The van der Waals surface area contributed by atoms with E-state index in [1.165, 1.54) is 12.3 Å². The molecule has 0 radical (unpaired) electrons. The predicted octanol–water partition coefficient (Wildman–Crippen LogP) is 1.30. The molecule has 5 nitrogen and oxygen atoms in total. The largest absolute Gasteiger partial charge is 0.393 e. The van der Waals surface area contributed by atoms with Gasteiger partial charge in [0.15, 0.2) is 11.6 Å². The molecule has 0 atom stereocenters. The van der Waals surface area contributed by atoms with Gasteiger partial charge in [0.05, 0.1) is 11.7 Å². The van der Waals surface area contributed by atoms with Gasteiger partial charge in [-0.2, -0.15) is 0 Å². The Morgan fingerprint density at radius 2 is 2.11 bits per heavy atom. The zero-order valence-electron chi connectivity index (χ0n) is 10.8. The number of carbonyl (C=O) groups is 1. The van der Waals surface area contributed by atoms with E-state index in [0.29, 0.717) is 12.8 Å². The Morgan fingerprint density at radius 1 is 1.42 bits per heavy atom. The molecule has 1 aliphatic rings. The van der Waals surface area contributed by atoms with Crippen molar-refractivity contribution in [3.63, 3.8) is 0 Å². The van der Waals surface area contributed by atoms with Crippen molar-refractivity contribution in [1.29, 1.82) is 0 Å². The summed E-state index contributed by atoms with van der Waals surface area (Å²) in [5.41, 5.74) is -0.00882. The number of nitrogens with zero attached hydrogens (tertiary/aromatic N) is 1. The molecule has 0 saturated heterocycles. The molecule has 0 spiro atoms. The van der Waals surface area contributed by atoms with E-state index in [9.17, 15) is 14.3 Å². The minimum Gasteiger partial charge on any atom is -0.393 e. The standard InChI is InChI=1S/C13H18FN3O2/c1-15-12-11(14)10(6-7-16-12)13(19)17-8-2-4-9(18)5-3-8/h6-9,18H,2-5H2,1H3,(H,15,16)(H,17,19). The fourth-order valence-electron chi connectivity index (χ4n) is 2.28. The number of hydrogen-bond donors (Lipinski definition) is 3. The maximum atomic E-state index is 13.9. The summed E-state index contributed by atoms with van der Waals surface area (Å²) in [5, 5.41) is 14.8. The van der Waals surface area contributed by atoms with Gasteiger partial charge in [-0.3, -0.25) is 4.79 Å². The third-order valence-corrected chi connectivity index (χ3v) is 3.40. The third kappa shape index (κ3) is 3.20. The summed E-state index contributed by atoms with van der Waals surface area (Å²) in [5.74, 6) is -1.01. The van der Waals surface area contributed by atoms with E-state index in [-0.39, 0.29) is 23.5 Å². The van der Waals surface area contributed by atoms with E-state index in [2.05, 4.69) is 15.6 Å². The van der Waals surface area contributed by atoms with Gasteiger partial charge < -0.3 is 15.7 Å². The van der Waals surface area contributed by atoms with Gasteiger partial charge in [-0.1, -0.05) is 0 Å². The van der Waals surface area contributed by atoms with Crippen LogP contribution in [-0.2, 0) is 0 Å². The molecule has 0 aliphatic heterocycles. The van der Waals surface area contributed by atoms with E-state index in [1.807, 2.05) is 0 Å². The van der Waals surface area contributed by atoms with Crippen LogP contribution in [0.15, 0.2) is 12.3 Å². The molecular weight excluding hydrogens is 249 g/mol. The molecule has 0 aromatic carbocycles. The summed E-state index contributed by atoms with van der Waals surface area (Å²) in [7, 11) is 1.55. The second kappa shape index (κ2) is 5.97. The van der Waals surface area contributed by atoms with Crippen LogP contribution in [0.2, 0.25) is 0 Å². The van der Waals surface area contributed by atoms with Gasteiger partial charge in [0.1, 0.15) is 0 Å². The molecular formula is C13H18FN3O2. The van der Waals surface area contributed by atoms with Crippen LogP contribution in [0.3, 0.4) is 0 Å². The highest BCUT2D eigenvalue weighted by atomic mass is 19.1. The van der Waals surface area contributed by atoms with E-state index < -0.39 is 11.7 Å². The number of hydrogen-bond acceptors (Lipinski definition) is 4. The Balaban J connectivity index is 2.04. The highest BCUT2D eigenvalue weighted by Gasteiger charge is 2.23. The molecule has 0 bridgehead atoms. The second-order valence-electron chi connectivity index (χ2n) is 4.75. The number of halogens is 1. The average Bonchev–Trinajstić information content (AvgIpc) is 2.41. The number of pyridine rings is 1. The van der Waals surface area contributed by atoms with E-state index in [4.69, 9.17) is 0 Å². The minimum atomic E-state index is -0.640. The summed E-state index contributed by atoms with van der Waals surface area (Å²) in [6.45, 7) is 0. The van der Waals surface area contributed by atoms with Crippen LogP contribution in [-0.4, -0.2) is 35.2 Å². The average molecular weight is 267 g/mol. The Kier molecular flexibility index (Phi) is 4.31. The van der Waals surface area contributed by atoms with E-state index >= 15 is 0 Å². The predicted molar refractivity (Wildman–Crippen MR) is 69.5 cm³/mol. The van der Waals surface area contributed by atoms with Crippen molar-refractivity contribution in [3.05, 3.63) is 23.6 Å². The SMILES string of the molecule is CNc1nccc(C(=O)NC2CCC(O)CC2)c1F. The molecule has 1 aliphatic carbocycles. The van der Waals surface area contributed by atoms with Gasteiger partial charge in [-0.15, -0.1) is 0 Å². The fourth-order valence-corrected chi connectivity index (χ4v) is 2.28. The molecule has 2 rings (SSSR count). The maximum Gasteiger partial charge on any atom is 0.254 e. The lowest BCUT2D eigenvalue weighted by Gasteiger charge is -2.26. The Hall–Kier alpha value is -1.69. The smallest absolute Gasteiger partial charge is 0.254 e. The first-order chi connectivity index (χ1) is 9.11. The van der Waals surface area contributed by atoms with Crippen LogP contribution < -0.4 is 10.6 Å².